The van der Waals surface area contributed by atoms with Gasteiger partial charge in [0.15, 0.2) is 0 Å². The maximum Gasteiger partial charge on any atom is 0.227 e. The van der Waals surface area contributed by atoms with Crippen LogP contribution < -0.4 is 4.74 Å². The first-order valence-corrected chi connectivity index (χ1v) is 8.42. The summed E-state index contributed by atoms with van der Waals surface area (Å²) >= 11 is 6.01. The van der Waals surface area contributed by atoms with E-state index in [0.717, 1.165) is 25.1 Å². The van der Waals surface area contributed by atoms with Crippen LogP contribution in [0.25, 0.3) is 0 Å². The van der Waals surface area contributed by atoms with E-state index in [1.165, 1.54) is 0 Å². The number of aliphatic hydroxyl groups excluding tert-OH is 1. The molecule has 128 valence electrons. The number of hydrogen-bond acceptors (Lipinski definition) is 4. The van der Waals surface area contributed by atoms with Crippen LogP contribution in [-0.4, -0.2) is 66.8 Å². The van der Waals surface area contributed by atoms with Crippen molar-refractivity contribution in [3.63, 3.8) is 0 Å². The molecule has 1 atom stereocenters. The summed E-state index contributed by atoms with van der Waals surface area (Å²) < 4.78 is 5.30. The minimum atomic E-state index is -0.284. The Morgan fingerprint density at radius 2 is 2.04 bits per heavy atom. The molecular weight excluding hydrogens is 316 g/mol. The number of methoxy groups -OCH3 is 1. The van der Waals surface area contributed by atoms with Gasteiger partial charge >= 0.3 is 0 Å². The van der Waals surface area contributed by atoms with E-state index in [4.69, 9.17) is 16.3 Å². The van der Waals surface area contributed by atoms with Crippen LogP contribution in [0.4, 0.5) is 0 Å². The van der Waals surface area contributed by atoms with Gasteiger partial charge in [0.2, 0.25) is 5.91 Å². The Labute approximate surface area is 142 Å². The number of β-amino-alcohol motifs (C(OH)–C–C–N with tert-alkyl or cyclic N) is 1. The number of piperazine rings is 1. The second-order valence-electron chi connectivity index (χ2n) is 5.88. The molecule has 1 amide bonds. The van der Waals surface area contributed by atoms with E-state index in [9.17, 15) is 9.90 Å². The fraction of sp³-hybridized carbons (Fsp3) is 0.588. The first kappa shape index (κ1) is 18.0. The molecule has 1 heterocycles. The van der Waals surface area contributed by atoms with E-state index in [1.807, 2.05) is 11.8 Å². The predicted octanol–water partition coefficient (Wildman–Crippen LogP) is 1.81. The highest BCUT2D eigenvalue weighted by molar-refractivity contribution is 6.30. The molecule has 5 nitrogen and oxygen atoms in total. The van der Waals surface area contributed by atoms with Gasteiger partial charge in [-0.1, -0.05) is 18.5 Å². The maximum absolute atomic E-state index is 12.5. The highest BCUT2D eigenvalue weighted by Gasteiger charge is 2.23. The third-order valence-corrected chi connectivity index (χ3v) is 4.48. The third-order valence-electron chi connectivity index (χ3n) is 4.25. The van der Waals surface area contributed by atoms with E-state index in [-0.39, 0.29) is 12.0 Å². The molecule has 1 aliphatic heterocycles. The van der Waals surface area contributed by atoms with E-state index in [2.05, 4.69) is 4.90 Å². The zero-order valence-corrected chi connectivity index (χ0v) is 14.6. The Morgan fingerprint density at radius 1 is 1.35 bits per heavy atom. The minimum absolute atomic E-state index is 0.0845. The lowest BCUT2D eigenvalue weighted by Gasteiger charge is -2.35. The molecule has 0 aliphatic carbocycles. The molecule has 6 heteroatoms. The third kappa shape index (κ3) is 5.09. The average molecular weight is 341 g/mol. The lowest BCUT2D eigenvalue weighted by molar-refractivity contribution is -0.132. The van der Waals surface area contributed by atoms with Gasteiger partial charge in [-0.25, -0.2) is 0 Å². The summed E-state index contributed by atoms with van der Waals surface area (Å²) in [6.07, 6.45) is 0.766. The highest BCUT2D eigenvalue weighted by Crippen LogP contribution is 2.23. The van der Waals surface area contributed by atoms with Crippen molar-refractivity contribution in [1.29, 1.82) is 0 Å². The van der Waals surface area contributed by atoms with Gasteiger partial charge in [0, 0.05) is 43.3 Å². The predicted molar refractivity (Wildman–Crippen MR) is 91.0 cm³/mol. The molecule has 1 aliphatic rings. The summed E-state index contributed by atoms with van der Waals surface area (Å²) in [6.45, 7) is 5.64. The van der Waals surface area contributed by atoms with Crippen LogP contribution in [-0.2, 0) is 11.2 Å². The van der Waals surface area contributed by atoms with Crippen molar-refractivity contribution in [2.45, 2.75) is 25.9 Å². The Kier molecular flexibility index (Phi) is 6.69. The van der Waals surface area contributed by atoms with Crippen LogP contribution in [0.15, 0.2) is 18.2 Å². The van der Waals surface area contributed by atoms with Crippen LogP contribution in [0.1, 0.15) is 18.9 Å². The summed E-state index contributed by atoms with van der Waals surface area (Å²) in [5.74, 6) is 0.772. The van der Waals surface area contributed by atoms with Crippen molar-refractivity contribution in [2.24, 2.45) is 0 Å². The highest BCUT2D eigenvalue weighted by atomic mass is 35.5. The minimum Gasteiger partial charge on any atom is -0.496 e. The molecule has 0 spiro atoms. The standard InChI is InChI=1S/C17H25ClN2O3/c1-3-15(21)12-19-6-8-20(9-7-19)17(22)11-13-10-14(18)4-5-16(13)23-2/h4-5,10,15,21H,3,6-9,11-12H2,1-2H3. The Bertz CT molecular complexity index is 531. The number of nitrogens with zero attached hydrogens (tertiary/aromatic N) is 2. The van der Waals surface area contributed by atoms with Gasteiger partial charge in [-0.2, -0.15) is 0 Å². The molecule has 1 aromatic rings. The van der Waals surface area contributed by atoms with Crippen molar-refractivity contribution in [2.75, 3.05) is 39.8 Å². The number of benzene rings is 1. The van der Waals surface area contributed by atoms with Crippen molar-refractivity contribution < 1.29 is 14.6 Å². The number of aliphatic hydroxyl groups is 1. The molecule has 1 aromatic carbocycles. The fourth-order valence-corrected chi connectivity index (χ4v) is 2.96. The summed E-state index contributed by atoms with van der Waals surface area (Å²) in [7, 11) is 1.59. The SMILES string of the molecule is CCC(O)CN1CCN(C(=O)Cc2cc(Cl)ccc2OC)CC1. The number of carbonyl (C=O) groups is 1. The van der Waals surface area contributed by atoms with Gasteiger partial charge < -0.3 is 14.7 Å². The molecular formula is C17H25ClN2O3. The van der Waals surface area contributed by atoms with Crippen LogP contribution in [0, 0.1) is 0 Å². The topological polar surface area (TPSA) is 53.0 Å². The Hall–Kier alpha value is -1.30. The molecule has 1 fully saturated rings. The monoisotopic (exact) mass is 340 g/mol. The van der Waals surface area contributed by atoms with Crippen molar-refractivity contribution in [1.82, 2.24) is 9.80 Å². The van der Waals surface area contributed by atoms with E-state index in [1.54, 1.807) is 25.3 Å². The number of rotatable bonds is 6. The van der Waals surface area contributed by atoms with Crippen molar-refractivity contribution in [3.05, 3.63) is 28.8 Å². The summed E-state index contributed by atoms with van der Waals surface area (Å²) in [5.41, 5.74) is 0.814. The first-order valence-electron chi connectivity index (χ1n) is 8.04. The molecule has 2 rings (SSSR count). The second-order valence-corrected chi connectivity index (χ2v) is 6.31. The zero-order chi connectivity index (χ0) is 16.8. The molecule has 0 saturated carbocycles. The lowest BCUT2D eigenvalue weighted by Crippen LogP contribution is -2.50. The average Bonchev–Trinajstić information content (AvgIpc) is 2.55. The molecule has 0 radical (unpaired) electrons. The summed E-state index contributed by atoms with van der Waals surface area (Å²) in [4.78, 5) is 16.6. The van der Waals surface area contributed by atoms with Crippen LogP contribution in [0.3, 0.4) is 0 Å². The van der Waals surface area contributed by atoms with Crippen LogP contribution >= 0.6 is 11.6 Å². The first-order chi connectivity index (χ1) is 11.0. The molecule has 1 unspecified atom stereocenters. The Balaban J connectivity index is 1.89. The smallest absolute Gasteiger partial charge is 0.227 e. The molecule has 23 heavy (non-hydrogen) atoms. The van der Waals surface area contributed by atoms with E-state index < -0.39 is 0 Å². The van der Waals surface area contributed by atoms with Crippen molar-refractivity contribution in [3.8, 4) is 5.75 Å². The van der Waals surface area contributed by atoms with Gasteiger partial charge in [0.25, 0.3) is 0 Å². The molecule has 1 N–H and O–H groups in total. The largest absolute Gasteiger partial charge is 0.496 e. The molecule has 1 saturated heterocycles. The number of halogens is 1. The van der Waals surface area contributed by atoms with Crippen LogP contribution in [0.5, 0.6) is 5.75 Å². The Morgan fingerprint density at radius 3 is 2.65 bits per heavy atom. The molecule has 0 bridgehead atoms. The number of amides is 1. The second kappa shape index (κ2) is 8.52. The van der Waals surface area contributed by atoms with E-state index >= 15 is 0 Å². The lowest BCUT2D eigenvalue weighted by atomic mass is 10.1. The normalized spacial score (nSPS) is 17.1. The van der Waals surface area contributed by atoms with E-state index in [0.29, 0.717) is 36.8 Å². The quantitative estimate of drug-likeness (QED) is 0.858. The van der Waals surface area contributed by atoms with Gasteiger partial charge in [-0.15, -0.1) is 0 Å². The number of hydrogen-bond donors (Lipinski definition) is 1. The zero-order valence-electron chi connectivity index (χ0n) is 13.8. The van der Waals surface area contributed by atoms with Gasteiger partial charge in [0.1, 0.15) is 5.75 Å². The number of carbonyl (C=O) groups excluding carboxylic acids is 1. The fourth-order valence-electron chi connectivity index (χ4n) is 2.77. The maximum atomic E-state index is 12.5. The summed E-state index contributed by atoms with van der Waals surface area (Å²) in [5, 5.41) is 10.3. The van der Waals surface area contributed by atoms with Gasteiger partial charge in [0.05, 0.1) is 19.6 Å². The van der Waals surface area contributed by atoms with Crippen LogP contribution in [0.2, 0.25) is 5.02 Å². The van der Waals surface area contributed by atoms with Gasteiger partial charge in [-0.05, 0) is 24.6 Å². The van der Waals surface area contributed by atoms with Crippen molar-refractivity contribution >= 4 is 17.5 Å². The molecule has 0 aromatic heterocycles. The number of ether oxygens (including phenoxy) is 1. The summed E-state index contributed by atoms with van der Waals surface area (Å²) in [6, 6.07) is 5.33. The van der Waals surface area contributed by atoms with Gasteiger partial charge in [-0.3, -0.25) is 9.69 Å².